The Morgan fingerprint density at radius 2 is 0.611 bits per heavy atom. The van der Waals surface area contributed by atoms with E-state index in [9.17, 15) is 0 Å². The lowest BCUT2D eigenvalue weighted by molar-refractivity contribution is 0.487. The van der Waals surface area contributed by atoms with E-state index in [-0.39, 0.29) is 20.1 Å². The molecule has 0 fully saturated rings. The van der Waals surface area contributed by atoms with Crippen molar-refractivity contribution in [3.8, 4) is 11.5 Å². The third-order valence-corrected chi connectivity index (χ3v) is 22.1. The molecule has 0 saturated carbocycles. The molecule has 0 spiro atoms. The highest BCUT2D eigenvalue weighted by Crippen LogP contribution is 2.53. The molecule has 20 rings (SSSR count). The molecule has 8 heterocycles. The Morgan fingerprint density at radius 3 is 1.04 bits per heavy atom. The number of ether oxygens (including phenoxy) is 1. The van der Waals surface area contributed by atoms with Gasteiger partial charge in [0.1, 0.15) is 11.5 Å². The van der Waals surface area contributed by atoms with Crippen molar-refractivity contribution in [2.75, 3.05) is 24.5 Å². The van der Waals surface area contributed by atoms with E-state index in [1.807, 2.05) is 22.7 Å². The Kier molecular flexibility index (Phi) is 10.6. The summed E-state index contributed by atoms with van der Waals surface area (Å²) < 4.78 is 12.9. The van der Waals surface area contributed by atoms with Crippen LogP contribution in [-0.4, -0.2) is 20.1 Å². The Labute approximate surface area is 531 Å². The van der Waals surface area contributed by atoms with Crippen molar-refractivity contribution in [2.45, 2.75) is 20.8 Å². The van der Waals surface area contributed by atoms with Crippen LogP contribution in [0.4, 0.5) is 85.3 Å². The van der Waals surface area contributed by atoms with Crippen LogP contribution in [-0.2, 0) is 0 Å². The Hall–Kier alpha value is -10.4. The highest BCUT2D eigenvalue weighted by molar-refractivity contribution is 7.34. The summed E-state index contributed by atoms with van der Waals surface area (Å²) in [5, 5.41) is 2.54. The van der Waals surface area contributed by atoms with Gasteiger partial charge >= 0.3 is 0 Å². The van der Waals surface area contributed by atoms with Gasteiger partial charge in [-0.25, -0.2) is 0 Å². The van der Waals surface area contributed by atoms with Crippen molar-refractivity contribution in [1.82, 2.24) is 0 Å². The molecular formula is C79H52B3N5OS2. The van der Waals surface area contributed by atoms with Gasteiger partial charge in [0, 0.05) is 110 Å². The minimum Gasteiger partial charge on any atom is -0.458 e. The number of nitrogens with zero attached hydrogens (tertiary/aromatic N) is 5. The number of hydrogen-bond donors (Lipinski definition) is 0. The highest BCUT2D eigenvalue weighted by Gasteiger charge is 2.51. The molecule has 0 bridgehead atoms. The van der Waals surface area contributed by atoms with Gasteiger partial charge in [-0.3, -0.25) is 0 Å². The fraction of sp³-hybridized carbons (Fsp3) is 0.0380. The van der Waals surface area contributed by atoms with E-state index in [2.05, 4.69) is 306 Å². The lowest BCUT2D eigenvalue weighted by Gasteiger charge is -2.46. The zero-order valence-corrected chi connectivity index (χ0v) is 51.2. The van der Waals surface area contributed by atoms with Crippen molar-refractivity contribution in [3.63, 3.8) is 0 Å². The van der Waals surface area contributed by atoms with Crippen LogP contribution in [0.25, 0.3) is 20.2 Å². The van der Waals surface area contributed by atoms with Gasteiger partial charge < -0.3 is 29.2 Å². The molecule has 0 radical (unpaired) electrons. The van der Waals surface area contributed by atoms with Gasteiger partial charge in [-0.2, -0.15) is 0 Å². The molecule has 6 aliphatic rings. The maximum absolute atomic E-state index is 7.64. The van der Waals surface area contributed by atoms with Gasteiger partial charge in [-0.1, -0.05) is 140 Å². The van der Waals surface area contributed by atoms with Crippen LogP contribution in [0.1, 0.15) is 16.7 Å². The molecule has 12 aromatic carbocycles. The number of hydrogen-bond acceptors (Lipinski definition) is 8. The normalized spacial score (nSPS) is 14.1. The second kappa shape index (κ2) is 18.8. The van der Waals surface area contributed by atoms with E-state index in [4.69, 9.17) is 4.74 Å². The van der Waals surface area contributed by atoms with Crippen LogP contribution >= 0.6 is 22.7 Å². The fourth-order valence-electron chi connectivity index (χ4n) is 16.3. The number of fused-ring (bicyclic) bond motifs is 16. The largest absolute Gasteiger partial charge is 0.458 e. The molecule has 90 heavy (non-hydrogen) atoms. The molecule has 6 nitrogen and oxygen atoms in total. The summed E-state index contributed by atoms with van der Waals surface area (Å²) >= 11 is 3.89. The van der Waals surface area contributed by atoms with Gasteiger partial charge in [0.25, 0.3) is 20.1 Å². The van der Waals surface area contributed by atoms with Crippen molar-refractivity contribution in [1.29, 1.82) is 0 Å². The van der Waals surface area contributed by atoms with Gasteiger partial charge in [-0.15, -0.1) is 22.7 Å². The topological polar surface area (TPSA) is 25.4 Å². The molecule has 2 aromatic heterocycles. The first kappa shape index (κ1) is 50.5. The predicted octanol–water partition coefficient (Wildman–Crippen LogP) is 15.6. The van der Waals surface area contributed by atoms with Gasteiger partial charge in [-0.05, 0) is 191 Å². The van der Waals surface area contributed by atoms with Crippen LogP contribution < -0.4 is 77.0 Å². The van der Waals surface area contributed by atoms with E-state index in [1.165, 1.54) is 119 Å². The van der Waals surface area contributed by atoms with Gasteiger partial charge in [0.15, 0.2) is 0 Å². The lowest BCUT2D eigenvalue weighted by Crippen LogP contribution is -2.65. The minimum atomic E-state index is -0.212. The quantitative estimate of drug-likeness (QED) is 0.159. The number of rotatable bonds is 5. The van der Waals surface area contributed by atoms with E-state index >= 15 is 0 Å². The van der Waals surface area contributed by atoms with Crippen LogP contribution in [0.15, 0.2) is 261 Å². The number of anilines is 15. The zero-order valence-electron chi connectivity index (χ0n) is 49.5. The molecular weight excluding hydrogens is 1130 g/mol. The van der Waals surface area contributed by atoms with E-state index < -0.39 is 0 Å². The first-order valence-corrected chi connectivity index (χ1v) is 32.8. The molecule has 420 valence electrons. The summed E-state index contributed by atoms with van der Waals surface area (Å²) in [5.41, 5.74) is 30.0. The van der Waals surface area contributed by atoms with E-state index in [1.54, 1.807) is 0 Å². The van der Waals surface area contributed by atoms with Crippen molar-refractivity contribution >= 4 is 196 Å². The van der Waals surface area contributed by atoms with Crippen LogP contribution in [0.3, 0.4) is 0 Å². The lowest BCUT2D eigenvalue weighted by atomic mass is 9.30. The smallest absolute Gasteiger partial charge is 0.264 e. The third-order valence-electron chi connectivity index (χ3n) is 19.7. The second-order valence-electron chi connectivity index (χ2n) is 24.9. The molecule has 0 aliphatic carbocycles. The summed E-state index contributed by atoms with van der Waals surface area (Å²) in [6, 6.07) is 97.9. The summed E-state index contributed by atoms with van der Waals surface area (Å²) in [6.45, 7) is 6.36. The third kappa shape index (κ3) is 6.96. The van der Waals surface area contributed by atoms with E-state index in [0.717, 1.165) is 62.6 Å². The monoisotopic (exact) mass is 1180 g/mol. The standard InChI is InChI=1S/C79H52B3N5OS2/c1-47-37-64-73-66(39-47)86(53-29-15-7-16-30-53)76-55-33-19-21-35-71(55)89-78(76)81(73)58-43-57-61(45-62(58)83(64)50-23-9-4-10-24-50)84(51-25-11-5-12-26-51)68-41-49(3)42-70-75(68)80(57)60-44-59-63(46-69(60)88-70)85(52-27-13-6-14-28-52)65-38-48(2)40-67-74(65)82(59)79-77(56-34-20-22-36-72(56)90-79)87(67)54-31-17-8-18-32-54/h4-46H,1-3H3. The molecule has 0 atom stereocenters. The summed E-state index contributed by atoms with van der Waals surface area (Å²) in [7, 11) is 0. The zero-order chi connectivity index (χ0) is 59.2. The molecule has 6 aliphatic heterocycles. The van der Waals surface area contributed by atoms with Gasteiger partial charge in [0.05, 0.1) is 11.4 Å². The molecule has 0 saturated heterocycles. The number of para-hydroxylation sites is 5. The Bertz CT molecular complexity index is 5390. The average Bonchev–Trinajstić information content (AvgIpc) is 1.10. The van der Waals surface area contributed by atoms with Crippen LogP contribution in [0.2, 0.25) is 0 Å². The highest BCUT2D eigenvalue weighted by atomic mass is 32.1. The van der Waals surface area contributed by atoms with Crippen molar-refractivity contribution in [2.24, 2.45) is 0 Å². The molecule has 14 aromatic rings. The van der Waals surface area contributed by atoms with Crippen LogP contribution in [0.5, 0.6) is 11.5 Å². The summed E-state index contributed by atoms with van der Waals surface area (Å²) in [6.07, 6.45) is 0. The second-order valence-corrected chi connectivity index (χ2v) is 27.1. The maximum Gasteiger partial charge on any atom is 0.264 e. The first-order chi connectivity index (χ1) is 44.4. The molecule has 11 heteroatoms. The van der Waals surface area contributed by atoms with Crippen LogP contribution in [0, 0.1) is 20.8 Å². The maximum atomic E-state index is 7.64. The fourth-order valence-corrected chi connectivity index (χ4v) is 18.9. The molecule has 0 N–H and O–H groups in total. The molecule has 0 unspecified atom stereocenters. The number of benzene rings is 12. The predicted molar refractivity (Wildman–Crippen MR) is 385 cm³/mol. The summed E-state index contributed by atoms with van der Waals surface area (Å²) in [5.74, 6) is 1.78. The minimum absolute atomic E-state index is 0.0888. The number of thiophene rings is 2. The van der Waals surface area contributed by atoms with Crippen molar-refractivity contribution in [3.05, 3.63) is 278 Å². The number of aryl methyl sites for hydroxylation is 3. The SMILES string of the molecule is Cc1cc2c3c(c1)N(c1ccccc1)c1cc4c(cc1B3c1cc3c(cc1O2)N(c1ccccc1)c1cc(C)cc2c1B3c1sc3ccccc3c1N2c1ccccc1)B1c2sc3ccccc3c2N(c2ccccc2)c2cc(C)cc(c21)N4c1ccccc1. The first-order valence-electron chi connectivity index (χ1n) is 31.2. The molecule has 0 amide bonds. The van der Waals surface area contributed by atoms with E-state index in [0.29, 0.717) is 0 Å². The summed E-state index contributed by atoms with van der Waals surface area (Å²) in [4.78, 5) is 12.8. The Balaban J connectivity index is 0.897. The average molecular weight is 1180 g/mol. The van der Waals surface area contributed by atoms with Crippen molar-refractivity contribution < 1.29 is 4.74 Å². The Morgan fingerprint density at radius 1 is 0.278 bits per heavy atom. The van der Waals surface area contributed by atoms with Gasteiger partial charge in [0.2, 0.25) is 0 Å².